The van der Waals surface area contributed by atoms with Gasteiger partial charge in [-0.05, 0) is 36.8 Å². The summed E-state index contributed by atoms with van der Waals surface area (Å²) in [5.74, 6) is -0.0620. The van der Waals surface area contributed by atoms with E-state index in [1.54, 1.807) is 19.1 Å². The first-order chi connectivity index (χ1) is 15.7. The third-order valence-corrected chi connectivity index (χ3v) is 3.29. The molecule has 0 saturated carbocycles. The molecule has 2 aromatic rings. The average Bonchev–Trinajstić information content (AvgIpc) is 3.61. The summed E-state index contributed by atoms with van der Waals surface area (Å²) in [5.41, 5.74) is 5.74. The van der Waals surface area contributed by atoms with Crippen LogP contribution in [0.4, 0.5) is 16.2 Å². The Balaban J connectivity index is 0.000000461. The summed E-state index contributed by atoms with van der Waals surface area (Å²) in [6.07, 6.45) is 2.68. The molecule has 11 heteroatoms. The number of carboxylic acids is 1. The van der Waals surface area contributed by atoms with Gasteiger partial charge in [-0.3, -0.25) is 0 Å². The number of aryl methyl sites for hydroxylation is 1. The zero-order valence-electron chi connectivity index (χ0n) is 17.7. The first-order valence-electron chi connectivity index (χ1n) is 9.13. The molecule has 1 amide bonds. The van der Waals surface area contributed by atoms with Gasteiger partial charge in [0.2, 0.25) is 12.2 Å². The van der Waals surface area contributed by atoms with E-state index in [-0.39, 0.29) is 0 Å². The number of amides is 1. The minimum Gasteiger partial charge on any atom is -0.491 e. The second-order valence-electron chi connectivity index (χ2n) is 5.84. The van der Waals surface area contributed by atoms with Crippen molar-refractivity contribution in [3.05, 3.63) is 66.7 Å². The Labute approximate surface area is 189 Å². The minimum absolute atomic E-state index is 0.343. The van der Waals surface area contributed by atoms with Crippen molar-refractivity contribution in [1.82, 2.24) is 0 Å². The standard InChI is InChI=1S/C9H6N2O2.C9H10O2.C3H4O2.CH3NO2/c1-7-2-3-8(10-5-12)4-9(7)11-6-13;1-2-4-8(5-3-1)10-6-9-7-11-9;1-2-3(4)5;2-1(3)4/h2-4H,1H3;1-5,9H,6-7H2;2H,1H2,(H,4,5);2H2,(H,3,4). The van der Waals surface area contributed by atoms with Crippen LogP contribution < -0.4 is 10.5 Å². The summed E-state index contributed by atoms with van der Waals surface area (Å²) in [6, 6.07) is 14.7. The predicted molar refractivity (Wildman–Crippen MR) is 118 cm³/mol. The van der Waals surface area contributed by atoms with Gasteiger partial charge in [-0.1, -0.05) is 30.8 Å². The quantitative estimate of drug-likeness (QED) is 0.255. The van der Waals surface area contributed by atoms with Crippen molar-refractivity contribution in [3.63, 3.8) is 0 Å². The van der Waals surface area contributed by atoms with Crippen LogP contribution in [0.3, 0.4) is 0 Å². The molecule has 0 bridgehead atoms. The number of nitrogens with zero attached hydrogens (tertiary/aromatic N) is 2. The van der Waals surface area contributed by atoms with Crippen molar-refractivity contribution in [2.45, 2.75) is 13.0 Å². The van der Waals surface area contributed by atoms with Crippen LogP contribution in [-0.4, -0.2) is 53.8 Å². The fourth-order valence-corrected chi connectivity index (χ4v) is 1.76. The first kappa shape index (κ1) is 28.4. The van der Waals surface area contributed by atoms with Crippen molar-refractivity contribution in [2.75, 3.05) is 13.2 Å². The molecule has 1 unspecified atom stereocenters. The summed E-state index contributed by atoms with van der Waals surface area (Å²) in [4.78, 5) is 44.8. The van der Waals surface area contributed by atoms with E-state index in [1.165, 1.54) is 18.2 Å². The molecule has 1 atom stereocenters. The molecule has 0 aliphatic carbocycles. The summed E-state index contributed by atoms with van der Waals surface area (Å²) >= 11 is 0. The fourth-order valence-electron chi connectivity index (χ4n) is 1.76. The number of carboxylic acid groups (broad SMARTS) is 2. The number of ether oxygens (including phenoxy) is 2. The number of epoxide rings is 1. The lowest BCUT2D eigenvalue weighted by Gasteiger charge is -2.01. The van der Waals surface area contributed by atoms with Gasteiger partial charge in [0.15, 0.2) is 0 Å². The molecule has 1 fully saturated rings. The monoisotopic (exact) mass is 457 g/mol. The van der Waals surface area contributed by atoms with Crippen LogP contribution in [0.5, 0.6) is 5.75 Å². The second kappa shape index (κ2) is 17.2. The van der Waals surface area contributed by atoms with Crippen LogP contribution in [0.2, 0.25) is 0 Å². The number of aliphatic carboxylic acids is 1. The Morgan fingerprint density at radius 3 is 2.18 bits per heavy atom. The number of isocyanates is 2. The summed E-state index contributed by atoms with van der Waals surface area (Å²) in [6.45, 7) is 6.30. The average molecular weight is 457 g/mol. The predicted octanol–water partition coefficient (Wildman–Crippen LogP) is 3.27. The third-order valence-electron chi connectivity index (χ3n) is 3.29. The van der Waals surface area contributed by atoms with Gasteiger partial charge in [-0.2, -0.15) is 9.98 Å². The van der Waals surface area contributed by atoms with Gasteiger partial charge in [-0.25, -0.2) is 19.2 Å². The Bertz CT molecular complexity index is 990. The number of aliphatic imine (C=N–C) groups is 2. The molecule has 1 aliphatic rings. The van der Waals surface area contributed by atoms with Gasteiger partial charge in [0.25, 0.3) is 0 Å². The number of para-hydroxylation sites is 1. The van der Waals surface area contributed by atoms with Gasteiger partial charge in [0.05, 0.1) is 18.0 Å². The molecule has 174 valence electrons. The number of primary amides is 1. The van der Waals surface area contributed by atoms with Crippen molar-refractivity contribution in [3.8, 4) is 5.75 Å². The molecule has 1 aliphatic heterocycles. The van der Waals surface area contributed by atoms with Crippen LogP contribution in [-0.2, 0) is 19.1 Å². The molecule has 0 radical (unpaired) electrons. The SMILES string of the molecule is C=CC(=O)O.Cc1ccc(N=C=O)cc1N=C=O.NC(=O)O.c1ccc(OCC2CO2)cc1. The molecular weight excluding hydrogens is 434 g/mol. The van der Waals surface area contributed by atoms with E-state index in [9.17, 15) is 14.4 Å². The highest BCUT2D eigenvalue weighted by Gasteiger charge is 2.22. The summed E-state index contributed by atoms with van der Waals surface area (Å²) in [5, 5.41) is 14.8. The molecule has 1 heterocycles. The molecule has 4 N–H and O–H groups in total. The largest absolute Gasteiger partial charge is 0.491 e. The maximum atomic E-state index is 10.00. The van der Waals surface area contributed by atoms with Crippen LogP contribution in [0.15, 0.2) is 71.2 Å². The van der Waals surface area contributed by atoms with Gasteiger partial charge in [-0.15, -0.1) is 0 Å². The topological polar surface area (TPSA) is 181 Å². The molecule has 11 nitrogen and oxygen atoms in total. The van der Waals surface area contributed by atoms with E-state index in [2.05, 4.69) is 22.3 Å². The van der Waals surface area contributed by atoms with Crippen LogP contribution in [0, 0.1) is 6.92 Å². The molecule has 2 aromatic carbocycles. The zero-order valence-corrected chi connectivity index (χ0v) is 17.7. The summed E-state index contributed by atoms with van der Waals surface area (Å²) in [7, 11) is 0. The lowest BCUT2D eigenvalue weighted by molar-refractivity contribution is -0.131. The van der Waals surface area contributed by atoms with Crippen molar-refractivity contribution in [1.29, 1.82) is 0 Å². The second-order valence-corrected chi connectivity index (χ2v) is 5.84. The minimum atomic E-state index is -1.33. The van der Waals surface area contributed by atoms with E-state index < -0.39 is 12.1 Å². The smallest absolute Gasteiger partial charge is 0.402 e. The molecule has 33 heavy (non-hydrogen) atoms. The molecule has 0 spiro atoms. The van der Waals surface area contributed by atoms with Crippen molar-refractivity contribution >= 4 is 35.6 Å². The van der Waals surface area contributed by atoms with Crippen molar-refractivity contribution in [2.24, 2.45) is 15.7 Å². The highest BCUT2D eigenvalue weighted by Crippen LogP contribution is 2.23. The Morgan fingerprint density at radius 2 is 1.73 bits per heavy atom. The maximum absolute atomic E-state index is 10.00. The number of hydrogen-bond acceptors (Lipinski definition) is 8. The normalized spacial score (nSPS) is 12.1. The first-order valence-corrected chi connectivity index (χ1v) is 9.13. The highest BCUT2D eigenvalue weighted by atomic mass is 16.6. The van der Waals surface area contributed by atoms with E-state index in [0.717, 1.165) is 24.0 Å². The van der Waals surface area contributed by atoms with Gasteiger partial charge in [0, 0.05) is 6.08 Å². The van der Waals surface area contributed by atoms with E-state index >= 15 is 0 Å². The van der Waals surface area contributed by atoms with E-state index in [4.69, 9.17) is 24.5 Å². The number of carbonyl (C=O) groups excluding carboxylic acids is 2. The third kappa shape index (κ3) is 16.9. The molecule has 3 rings (SSSR count). The molecule has 1 saturated heterocycles. The fraction of sp³-hybridized carbons (Fsp3) is 0.182. The lowest BCUT2D eigenvalue weighted by atomic mass is 10.2. The summed E-state index contributed by atoms with van der Waals surface area (Å²) < 4.78 is 10.4. The highest BCUT2D eigenvalue weighted by molar-refractivity contribution is 5.78. The van der Waals surface area contributed by atoms with Gasteiger partial charge < -0.3 is 25.4 Å². The van der Waals surface area contributed by atoms with Crippen LogP contribution in [0.1, 0.15) is 5.56 Å². The number of rotatable bonds is 6. The van der Waals surface area contributed by atoms with Gasteiger partial charge in [0.1, 0.15) is 18.5 Å². The van der Waals surface area contributed by atoms with Gasteiger partial charge >= 0.3 is 12.1 Å². The number of hydrogen-bond donors (Lipinski definition) is 3. The lowest BCUT2D eigenvalue weighted by Crippen LogP contribution is -2.03. The van der Waals surface area contributed by atoms with Crippen LogP contribution in [0.25, 0.3) is 0 Å². The van der Waals surface area contributed by atoms with Crippen molar-refractivity contribution < 1.29 is 38.9 Å². The Kier molecular flexibility index (Phi) is 14.8. The van der Waals surface area contributed by atoms with E-state index in [1.807, 2.05) is 30.3 Å². The Morgan fingerprint density at radius 1 is 1.18 bits per heavy atom. The van der Waals surface area contributed by atoms with Crippen LogP contribution >= 0.6 is 0 Å². The molecule has 0 aromatic heterocycles. The Hall–Kier alpha value is -4.56. The molecular formula is C22H23N3O8. The number of benzene rings is 2. The zero-order chi connectivity index (χ0) is 25.1. The van der Waals surface area contributed by atoms with E-state index in [0.29, 0.717) is 24.1 Å². The number of carbonyl (C=O) groups is 2. The number of nitrogens with two attached hydrogens (primary N) is 1. The maximum Gasteiger partial charge on any atom is 0.402 e.